The SMILES string of the molecule is COC(=O)c1c[c]cc(-c2ccccc2)c1. The lowest BCUT2D eigenvalue weighted by Gasteiger charge is -2.03. The maximum Gasteiger partial charge on any atom is 0.337 e. The van der Waals surface area contributed by atoms with Crippen LogP contribution in [0.25, 0.3) is 11.1 Å². The van der Waals surface area contributed by atoms with Crippen LogP contribution < -0.4 is 0 Å². The fraction of sp³-hybridized carbons (Fsp3) is 0.0714. The molecule has 0 aliphatic rings. The van der Waals surface area contributed by atoms with Crippen LogP contribution in [-0.4, -0.2) is 13.1 Å². The molecule has 0 aliphatic heterocycles. The monoisotopic (exact) mass is 211 g/mol. The number of hydrogen-bond acceptors (Lipinski definition) is 2. The van der Waals surface area contributed by atoms with Crippen LogP contribution in [0.3, 0.4) is 0 Å². The molecule has 1 radical (unpaired) electrons. The summed E-state index contributed by atoms with van der Waals surface area (Å²) in [7, 11) is 1.37. The van der Waals surface area contributed by atoms with Crippen LogP contribution in [0, 0.1) is 6.07 Å². The average Bonchev–Trinajstić information content (AvgIpc) is 2.39. The van der Waals surface area contributed by atoms with E-state index in [1.807, 2.05) is 36.4 Å². The zero-order valence-electron chi connectivity index (χ0n) is 8.94. The number of hydrogen-bond donors (Lipinski definition) is 0. The number of carbonyl (C=O) groups is 1. The van der Waals surface area contributed by atoms with Crippen LogP contribution in [0.2, 0.25) is 0 Å². The van der Waals surface area contributed by atoms with E-state index in [-0.39, 0.29) is 5.97 Å². The molecule has 2 rings (SSSR count). The Kier molecular flexibility index (Phi) is 3.01. The van der Waals surface area contributed by atoms with Crippen molar-refractivity contribution in [1.29, 1.82) is 0 Å². The van der Waals surface area contributed by atoms with E-state index in [4.69, 9.17) is 0 Å². The molecule has 0 unspecified atom stereocenters. The second-order valence-electron chi connectivity index (χ2n) is 3.37. The van der Waals surface area contributed by atoms with Crippen molar-refractivity contribution in [2.75, 3.05) is 7.11 Å². The van der Waals surface area contributed by atoms with E-state index in [1.54, 1.807) is 12.1 Å². The number of carbonyl (C=O) groups excluding carboxylic acids is 1. The first-order chi connectivity index (χ1) is 7.81. The number of rotatable bonds is 2. The van der Waals surface area contributed by atoms with Gasteiger partial charge in [0, 0.05) is 0 Å². The topological polar surface area (TPSA) is 26.3 Å². The lowest BCUT2D eigenvalue weighted by molar-refractivity contribution is 0.0601. The highest BCUT2D eigenvalue weighted by atomic mass is 16.5. The summed E-state index contributed by atoms with van der Waals surface area (Å²) < 4.78 is 4.67. The van der Waals surface area contributed by atoms with Gasteiger partial charge in [-0.3, -0.25) is 0 Å². The molecule has 2 aromatic carbocycles. The van der Waals surface area contributed by atoms with E-state index in [1.165, 1.54) is 7.11 Å². The first-order valence-electron chi connectivity index (χ1n) is 4.96. The van der Waals surface area contributed by atoms with Crippen molar-refractivity contribution < 1.29 is 9.53 Å². The summed E-state index contributed by atoms with van der Waals surface area (Å²) >= 11 is 0. The van der Waals surface area contributed by atoms with Crippen LogP contribution >= 0.6 is 0 Å². The van der Waals surface area contributed by atoms with Crippen molar-refractivity contribution in [3.63, 3.8) is 0 Å². The molecule has 2 heteroatoms. The molecule has 2 nitrogen and oxygen atoms in total. The number of benzene rings is 2. The fourth-order valence-electron chi connectivity index (χ4n) is 1.51. The van der Waals surface area contributed by atoms with Gasteiger partial charge in [0.1, 0.15) is 0 Å². The van der Waals surface area contributed by atoms with E-state index >= 15 is 0 Å². The average molecular weight is 211 g/mol. The molecule has 2 aromatic rings. The summed E-state index contributed by atoms with van der Waals surface area (Å²) in [6, 6.07) is 18.1. The molecular weight excluding hydrogens is 200 g/mol. The summed E-state index contributed by atoms with van der Waals surface area (Å²) in [5.74, 6) is -0.339. The fourth-order valence-corrected chi connectivity index (χ4v) is 1.51. The Bertz CT molecular complexity index is 489. The van der Waals surface area contributed by atoms with E-state index in [0.717, 1.165) is 11.1 Å². The maximum atomic E-state index is 11.4. The molecule has 0 amide bonds. The lowest BCUT2D eigenvalue weighted by Crippen LogP contribution is -2.00. The second kappa shape index (κ2) is 4.62. The third-order valence-electron chi connectivity index (χ3n) is 2.32. The minimum atomic E-state index is -0.339. The molecule has 0 bridgehead atoms. The Morgan fingerprint density at radius 3 is 2.56 bits per heavy atom. The molecule has 0 atom stereocenters. The minimum absolute atomic E-state index is 0.339. The van der Waals surface area contributed by atoms with E-state index < -0.39 is 0 Å². The quantitative estimate of drug-likeness (QED) is 0.714. The third-order valence-corrected chi connectivity index (χ3v) is 2.32. The van der Waals surface area contributed by atoms with Crippen molar-refractivity contribution in [3.8, 4) is 11.1 Å². The van der Waals surface area contributed by atoms with Gasteiger partial charge in [0.2, 0.25) is 0 Å². The van der Waals surface area contributed by atoms with E-state index in [2.05, 4.69) is 10.8 Å². The van der Waals surface area contributed by atoms with Gasteiger partial charge in [-0.1, -0.05) is 30.3 Å². The molecule has 0 heterocycles. The van der Waals surface area contributed by atoms with Gasteiger partial charge in [-0.25, -0.2) is 4.79 Å². The highest BCUT2D eigenvalue weighted by Crippen LogP contribution is 2.19. The number of methoxy groups -OCH3 is 1. The summed E-state index contributed by atoms with van der Waals surface area (Å²) in [5, 5.41) is 0. The zero-order chi connectivity index (χ0) is 11.4. The van der Waals surface area contributed by atoms with Gasteiger partial charge in [-0.2, -0.15) is 0 Å². The molecule has 0 spiro atoms. The molecule has 0 saturated heterocycles. The molecular formula is C14H11O2. The molecule has 0 fully saturated rings. The Balaban J connectivity index is 2.40. The first kappa shape index (κ1) is 10.4. The van der Waals surface area contributed by atoms with Gasteiger partial charge >= 0.3 is 5.97 Å². The largest absolute Gasteiger partial charge is 0.465 e. The standard InChI is InChI=1S/C14H11O2/c1-16-14(15)13-9-5-8-12(10-13)11-6-3-2-4-7-11/h2-4,6-10H,1H3. The molecule has 16 heavy (non-hydrogen) atoms. The minimum Gasteiger partial charge on any atom is -0.465 e. The normalized spacial score (nSPS) is 9.81. The van der Waals surface area contributed by atoms with Crippen molar-refractivity contribution in [3.05, 3.63) is 60.2 Å². The predicted octanol–water partition coefficient (Wildman–Crippen LogP) is 2.94. The lowest BCUT2D eigenvalue weighted by atomic mass is 10.0. The molecule has 0 N–H and O–H groups in total. The van der Waals surface area contributed by atoms with Gasteiger partial charge in [0.25, 0.3) is 0 Å². The van der Waals surface area contributed by atoms with Gasteiger partial charge in [0.15, 0.2) is 0 Å². The zero-order valence-corrected chi connectivity index (χ0v) is 8.94. The molecule has 0 aromatic heterocycles. The Morgan fingerprint density at radius 1 is 1.12 bits per heavy atom. The van der Waals surface area contributed by atoms with Crippen LogP contribution in [-0.2, 0) is 4.74 Å². The van der Waals surface area contributed by atoms with Crippen LogP contribution in [0.1, 0.15) is 10.4 Å². The Morgan fingerprint density at radius 2 is 1.88 bits per heavy atom. The van der Waals surface area contributed by atoms with Gasteiger partial charge in [0.05, 0.1) is 12.7 Å². The highest BCUT2D eigenvalue weighted by Gasteiger charge is 2.06. The summed E-state index contributed by atoms with van der Waals surface area (Å²) in [6.45, 7) is 0. The summed E-state index contributed by atoms with van der Waals surface area (Å²) in [4.78, 5) is 11.4. The van der Waals surface area contributed by atoms with Crippen LogP contribution in [0.5, 0.6) is 0 Å². The first-order valence-corrected chi connectivity index (χ1v) is 4.96. The molecule has 0 aliphatic carbocycles. The Labute approximate surface area is 94.5 Å². The number of esters is 1. The smallest absolute Gasteiger partial charge is 0.337 e. The molecule has 79 valence electrons. The highest BCUT2D eigenvalue weighted by molar-refractivity contribution is 5.90. The van der Waals surface area contributed by atoms with Crippen molar-refractivity contribution in [2.45, 2.75) is 0 Å². The van der Waals surface area contributed by atoms with Crippen molar-refractivity contribution in [1.82, 2.24) is 0 Å². The van der Waals surface area contributed by atoms with Crippen LogP contribution in [0.15, 0.2) is 48.5 Å². The van der Waals surface area contributed by atoms with E-state index in [9.17, 15) is 4.79 Å². The van der Waals surface area contributed by atoms with Gasteiger partial charge < -0.3 is 4.74 Å². The van der Waals surface area contributed by atoms with Gasteiger partial charge in [-0.05, 0) is 35.4 Å². The summed E-state index contributed by atoms with van der Waals surface area (Å²) in [6.07, 6.45) is 0. The third kappa shape index (κ3) is 2.11. The molecule has 0 saturated carbocycles. The van der Waals surface area contributed by atoms with Crippen molar-refractivity contribution in [2.24, 2.45) is 0 Å². The van der Waals surface area contributed by atoms with E-state index in [0.29, 0.717) is 5.56 Å². The summed E-state index contributed by atoms with van der Waals surface area (Å²) in [5.41, 5.74) is 2.54. The van der Waals surface area contributed by atoms with Crippen molar-refractivity contribution >= 4 is 5.97 Å². The number of ether oxygens (including phenoxy) is 1. The van der Waals surface area contributed by atoms with Crippen LogP contribution in [0.4, 0.5) is 0 Å². The maximum absolute atomic E-state index is 11.4. The second-order valence-corrected chi connectivity index (χ2v) is 3.37. The Hall–Kier alpha value is -2.09. The predicted molar refractivity (Wildman–Crippen MR) is 62.1 cm³/mol. The van der Waals surface area contributed by atoms with Gasteiger partial charge in [-0.15, -0.1) is 0 Å².